The second-order valence-electron chi connectivity index (χ2n) is 14.5. The van der Waals surface area contributed by atoms with Crippen molar-refractivity contribution in [1.82, 2.24) is 0 Å². The van der Waals surface area contributed by atoms with Crippen molar-refractivity contribution in [3.63, 3.8) is 0 Å². The van der Waals surface area contributed by atoms with Crippen LogP contribution in [0.15, 0.2) is 109 Å². The first-order valence-corrected chi connectivity index (χ1v) is 16.1. The van der Waals surface area contributed by atoms with Crippen molar-refractivity contribution in [3.05, 3.63) is 140 Å². The second-order valence-corrected chi connectivity index (χ2v) is 14.5. The predicted molar refractivity (Wildman–Crippen MR) is 195 cm³/mol. The Morgan fingerprint density at radius 2 is 0.816 bits per heavy atom. The maximum Gasteiger partial charge on any atom is 0.335 e. The van der Waals surface area contributed by atoms with Gasteiger partial charge in [0.15, 0.2) is 35.0 Å². The number of hydrogen-bond donors (Lipinski definition) is 1. The highest BCUT2D eigenvalue weighted by atomic mass is 16.4. The molecule has 49 heavy (non-hydrogen) atoms. The van der Waals surface area contributed by atoms with Crippen molar-refractivity contribution in [2.75, 3.05) is 0 Å². The Labute approximate surface area is 284 Å². The molecule has 8 rings (SSSR count). The minimum Gasteiger partial charge on any atom is -0.478 e. The number of carbonyl (C=O) groups is 1. The molecule has 0 saturated carbocycles. The number of amidine groups is 6. The Morgan fingerprint density at radius 1 is 0.469 bits per heavy atom. The molecule has 0 radical (unpaired) electrons. The van der Waals surface area contributed by atoms with Crippen molar-refractivity contribution in [2.24, 2.45) is 30.0 Å². The summed E-state index contributed by atoms with van der Waals surface area (Å²) in [6.07, 6.45) is 0. The quantitative estimate of drug-likeness (QED) is 0.220. The summed E-state index contributed by atoms with van der Waals surface area (Å²) in [5, 5.41) is 9.23. The van der Waals surface area contributed by atoms with Crippen molar-refractivity contribution in [3.8, 4) is 11.8 Å². The average molecular weight is 641 g/mol. The molecule has 0 fully saturated rings. The topological polar surface area (TPSA) is 111 Å². The number of fused-ring (bicyclic) bond motifs is 12. The molecule has 0 amide bonds. The first kappa shape index (κ1) is 30.3. The van der Waals surface area contributed by atoms with Crippen LogP contribution >= 0.6 is 0 Å². The fraction of sp³-hybridized carbons (Fsp3) is 0.195. The Morgan fingerprint density at radius 3 is 1.22 bits per heavy atom. The van der Waals surface area contributed by atoms with E-state index in [0.29, 0.717) is 40.6 Å². The molecule has 0 spiro atoms. The fourth-order valence-corrected chi connectivity index (χ4v) is 6.10. The van der Waals surface area contributed by atoms with Crippen molar-refractivity contribution >= 4 is 41.0 Å². The van der Waals surface area contributed by atoms with Crippen molar-refractivity contribution < 1.29 is 9.90 Å². The predicted octanol–water partition coefficient (Wildman–Crippen LogP) is 7.31. The van der Waals surface area contributed by atoms with Gasteiger partial charge in [-0.1, -0.05) is 77.6 Å². The van der Waals surface area contributed by atoms with Gasteiger partial charge >= 0.3 is 5.97 Å². The number of hydrogen-bond acceptors (Lipinski definition) is 7. The number of nitrogens with zero attached hydrogens (tertiary/aromatic N) is 6. The third-order valence-electron chi connectivity index (χ3n) is 8.99. The first-order chi connectivity index (χ1) is 23.3. The Kier molecular flexibility index (Phi) is 6.63. The van der Waals surface area contributed by atoms with Gasteiger partial charge in [0, 0.05) is 44.5 Å². The van der Waals surface area contributed by atoms with Crippen molar-refractivity contribution in [1.29, 1.82) is 0 Å². The number of aromatic carboxylic acids is 1. The van der Waals surface area contributed by atoms with E-state index in [1.165, 1.54) is 11.1 Å². The van der Waals surface area contributed by atoms with E-state index >= 15 is 0 Å². The molecule has 0 aromatic heterocycles. The molecule has 4 heterocycles. The molecule has 4 aliphatic heterocycles. The van der Waals surface area contributed by atoms with Crippen LogP contribution in [0.1, 0.15) is 108 Å². The van der Waals surface area contributed by atoms with Crippen LogP contribution in [-0.4, -0.2) is 46.1 Å². The zero-order valence-electron chi connectivity index (χ0n) is 28.0. The summed E-state index contributed by atoms with van der Waals surface area (Å²) in [4.78, 5) is 41.4. The largest absolute Gasteiger partial charge is 0.478 e. The highest BCUT2D eigenvalue weighted by Crippen LogP contribution is 2.33. The SMILES string of the molecule is CC(C)(C)c1ccc2c(c1)C1=NC3=NC(=NC4=NC(=NC2=N1)c1cc(C(C)(C)C)ccc14)c1cc(C#Cc2ccc(C(=O)O)cc2)ccc13. The third-order valence-corrected chi connectivity index (χ3v) is 8.99. The van der Waals surface area contributed by atoms with Crippen LogP contribution in [0.3, 0.4) is 0 Å². The molecule has 0 aliphatic carbocycles. The van der Waals surface area contributed by atoms with Gasteiger partial charge in [0.25, 0.3) is 0 Å². The maximum absolute atomic E-state index is 11.3. The summed E-state index contributed by atoms with van der Waals surface area (Å²) in [5.74, 6) is 8.58. The Balaban J connectivity index is 1.31. The molecule has 8 nitrogen and oxygen atoms in total. The van der Waals surface area contributed by atoms with E-state index in [1.807, 2.05) is 18.2 Å². The molecular weight excluding hydrogens is 608 g/mol. The Hall–Kier alpha value is -6.07. The zero-order valence-corrected chi connectivity index (χ0v) is 28.0. The summed E-state index contributed by atoms with van der Waals surface area (Å²) < 4.78 is 0. The number of benzene rings is 4. The summed E-state index contributed by atoms with van der Waals surface area (Å²) in [7, 11) is 0. The maximum atomic E-state index is 11.3. The van der Waals surface area contributed by atoms with Crippen LogP contribution in [0.2, 0.25) is 0 Å². The number of carboxylic acids is 1. The van der Waals surface area contributed by atoms with Crippen LogP contribution < -0.4 is 0 Å². The molecule has 8 heteroatoms. The normalized spacial score (nSPS) is 15.5. The van der Waals surface area contributed by atoms with Crippen LogP contribution in [0.5, 0.6) is 0 Å². The molecule has 0 unspecified atom stereocenters. The van der Waals surface area contributed by atoms with E-state index in [-0.39, 0.29) is 16.4 Å². The average Bonchev–Trinajstić information content (AvgIpc) is 3.70. The fourth-order valence-electron chi connectivity index (χ4n) is 6.10. The van der Waals surface area contributed by atoms with Gasteiger partial charge in [-0.05, 0) is 76.6 Å². The van der Waals surface area contributed by atoms with E-state index in [4.69, 9.17) is 30.0 Å². The Bertz CT molecular complexity index is 2390. The summed E-state index contributed by atoms with van der Waals surface area (Å²) in [6, 6.07) is 25.1. The summed E-state index contributed by atoms with van der Waals surface area (Å²) in [5.41, 5.74) is 9.09. The standard InChI is InChI=1S/C41H32N6O2/c1-40(2,3)25-14-17-28-31(20-25)38-45-34(28)43-36-30-19-23(8-7-22-9-12-24(13-10-22)39(48)49)11-16-27(30)33(42-36)44-37-32-21-26(41(4,5)6)15-18-29(32)35(46-37)47-38/h9-21H,1-6H3,(H,48,49). The highest BCUT2D eigenvalue weighted by molar-refractivity contribution is 6.34. The molecule has 4 aromatic carbocycles. The van der Waals surface area contributed by atoms with E-state index in [2.05, 4.69) is 89.8 Å². The molecule has 4 aliphatic rings. The van der Waals surface area contributed by atoms with Crippen molar-refractivity contribution in [2.45, 2.75) is 52.4 Å². The van der Waals surface area contributed by atoms with Crippen LogP contribution in [-0.2, 0) is 10.8 Å². The minimum absolute atomic E-state index is 0.0717. The molecule has 238 valence electrons. The van der Waals surface area contributed by atoms with Gasteiger partial charge in [-0.15, -0.1) is 0 Å². The molecular formula is C41H32N6O2. The van der Waals surface area contributed by atoms with Gasteiger partial charge in [0.05, 0.1) is 5.56 Å². The van der Waals surface area contributed by atoms with Crippen LogP contribution in [0.25, 0.3) is 0 Å². The lowest BCUT2D eigenvalue weighted by Crippen LogP contribution is -2.13. The lowest BCUT2D eigenvalue weighted by Gasteiger charge is -2.20. The first-order valence-electron chi connectivity index (χ1n) is 16.1. The van der Waals surface area contributed by atoms with E-state index < -0.39 is 5.97 Å². The molecule has 4 aromatic rings. The molecule has 0 atom stereocenters. The smallest absolute Gasteiger partial charge is 0.335 e. The lowest BCUT2D eigenvalue weighted by atomic mass is 9.85. The van der Waals surface area contributed by atoms with Gasteiger partial charge in [-0.2, -0.15) is 0 Å². The summed E-state index contributed by atoms with van der Waals surface area (Å²) >= 11 is 0. The van der Waals surface area contributed by atoms with E-state index in [0.717, 1.165) is 38.9 Å². The van der Waals surface area contributed by atoms with Crippen LogP contribution in [0.4, 0.5) is 0 Å². The van der Waals surface area contributed by atoms with Gasteiger partial charge in [0.1, 0.15) is 0 Å². The number of rotatable bonds is 1. The van der Waals surface area contributed by atoms with Gasteiger partial charge < -0.3 is 5.11 Å². The van der Waals surface area contributed by atoms with E-state index in [9.17, 15) is 9.90 Å². The molecule has 0 saturated heterocycles. The third kappa shape index (κ3) is 5.34. The summed E-state index contributed by atoms with van der Waals surface area (Å²) in [6.45, 7) is 13.1. The minimum atomic E-state index is -0.972. The number of aliphatic imine (C=N–C) groups is 6. The highest BCUT2D eigenvalue weighted by Gasteiger charge is 2.32. The lowest BCUT2D eigenvalue weighted by molar-refractivity contribution is 0.0697. The monoisotopic (exact) mass is 640 g/mol. The second kappa shape index (κ2) is 10.7. The van der Waals surface area contributed by atoms with Gasteiger partial charge in [-0.25, -0.2) is 34.7 Å². The van der Waals surface area contributed by atoms with E-state index in [1.54, 1.807) is 24.3 Å². The molecule has 6 bridgehead atoms. The number of carboxylic acid groups (broad SMARTS) is 1. The van der Waals surface area contributed by atoms with Gasteiger partial charge in [0.2, 0.25) is 0 Å². The van der Waals surface area contributed by atoms with Gasteiger partial charge in [-0.3, -0.25) is 0 Å². The zero-order chi connectivity index (χ0) is 34.2. The van der Waals surface area contributed by atoms with Crippen LogP contribution in [0, 0.1) is 11.8 Å². The molecule has 1 N–H and O–H groups in total.